The summed E-state index contributed by atoms with van der Waals surface area (Å²) >= 11 is 0. The van der Waals surface area contributed by atoms with Crippen LogP contribution in [0.15, 0.2) is 42.7 Å². The first-order chi connectivity index (χ1) is 13.0. The van der Waals surface area contributed by atoms with E-state index in [1.54, 1.807) is 0 Å². The topological polar surface area (TPSA) is 48.7 Å². The fourth-order valence-electron chi connectivity index (χ4n) is 3.87. The van der Waals surface area contributed by atoms with E-state index in [1.165, 1.54) is 5.56 Å². The minimum atomic E-state index is 0.398. The predicted octanol–water partition coefficient (Wildman–Crippen LogP) is 2.48. The van der Waals surface area contributed by atoms with E-state index < -0.39 is 0 Å². The van der Waals surface area contributed by atoms with Crippen molar-refractivity contribution in [3.05, 3.63) is 43.3 Å². The molecule has 1 aliphatic heterocycles. The average molecular weight is 373 g/mol. The van der Waals surface area contributed by atoms with Crippen LogP contribution in [0.3, 0.4) is 0 Å². The molecule has 2 unspecified atom stereocenters. The molecule has 150 valence electrons. The number of aliphatic imine (C=N–C) groups is 1. The van der Waals surface area contributed by atoms with E-state index >= 15 is 0 Å². The number of aryl methyl sites for hydroxylation is 1. The summed E-state index contributed by atoms with van der Waals surface area (Å²) in [4.78, 5) is 9.31. The predicted molar refractivity (Wildman–Crippen MR) is 114 cm³/mol. The Bertz CT molecular complexity index is 622. The summed E-state index contributed by atoms with van der Waals surface area (Å²) in [6.07, 6.45) is 9.18. The Morgan fingerprint density at radius 3 is 2.63 bits per heavy atom. The van der Waals surface area contributed by atoms with Crippen LogP contribution in [0, 0.1) is 5.92 Å². The fraction of sp³-hybridized carbons (Fsp3) is 0.619. The molecular weight excluding hydrogens is 336 g/mol. The van der Waals surface area contributed by atoms with Gasteiger partial charge in [0.05, 0.1) is 6.20 Å². The summed E-state index contributed by atoms with van der Waals surface area (Å²) in [7, 11) is 3.84. The highest BCUT2D eigenvalue weighted by molar-refractivity contribution is 5.80. The minimum absolute atomic E-state index is 0.398. The first-order valence-corrected chi connectivity index (χ1v) is 9.90. The van der Waals surface area contributed by atoms with Crippen LogP contribution in [0.25, 0.3) is 0 Å². The van der Waals surface area contributed by atoms with Crippen molar-refractivity contribution in [3.63, 3.8) is 0 Å². The molecule has 1 aromatic rings. The highest BCUT2D eigenvalue weighted by Crippen LogP contribution is 2.26. The maximum Gasteiger partial charge on any atom is 0.193 e. The second-order valence-electron chi connectivity index (χ2n) is 7.65. The third kappa shape index (κ3) is 5.70. The number of likely N-dealkylation sites (tertiary alicyclic amines) is 1. The summed E-state index contributed by atoms with van der Waals surface area (Å²) < 4.78 is 1.88. The van der Waals surface area contributed by atoms with E-state index in [1.807, 2.05) is 37.1 Å². The molecule has 6 nitrogen and oxygen atoms in total. The Hall–Kier alpha value is -2.08. The summed E-state index contributed by atoms with van der Waals surface area (Å²) in [5.74, 6) is 2.04. The highest BCUT2D eigenvalue weighted by atomic mass is 15.3. The van der Waals surface area contributed by atoms with Gasteiger partial charge in [0, 0.05) is 65.0 Å². The largest absolute Gasteiger partial charge is 0.355 e. The number of hydrogen-bond acceptors (Lipinski definition) is 3. The van der Waals surface area contributed by atoms with Crippen molar-refractivity contribution in [1.82, 2.24) is 24.9 Å². The Kier molecular flexibility index (Phi) is 8.10. The van der Waals surface area contributed by atoms with Crippen molar-refractivity contribution in [3.8, 4) is 0 Å². The summed E-state index contributed by atoms with van der Waals surface area (Å²) in [5.41, 5.74) is 1.32. The average Bonchev–Trinajstić information content (AvgIpc) is 3.27. The lowest BCUT2D eigenvalue weighted by Crippen LogP contribution is -2.50. The van der Waals surface area contributed by atoms with Crippen LogP contribution >= 0.6 is 0 Å². The molecule has 1 saturated heterocycles. The summed E-state index contributed by atoms with van der Waals surface area (Å²) in [6.45, 7) is 16.9. The van der Waals surface area contributed by atoms with Crippen molar-refractivity contribution in [2.75, 3.05) is 39.8 Å². The Morgan fingerprint density at radius 1 is 1.41 bits per heavy atom. The molecule has 0 aromatic carbocycles. The molecule has 1 aliphatic rings. The molecule has 0 amide bonds. The molecule has 0 aliphatic carbocycles. The first kappa shape index (κ1) is 21.2. The van der Waals surface area contributed by atoms with Gasteiger partial charge >= 0.3 is 0 Å². The second-order valence-corrected chi connectivity index (χ2v) is 7.65. The zero-order valence-corrected chi connectivity index (χ0v) is 17.4. The number of guanidine groups is 1. The van der Waals surface area contributed by atoms with E-state index in [0.29, 0.717) is 17.9 Å². The molecule has 2 atom stereocenters. The SMILES string of the molecule is C=CCN(CC=C)C(CNC(=NC)N1CCC(c2cnn(C)c2)C1)C(C)C. The Morgan fingerprint density at radius 2 is 2.11 bits per heavy atom. The number of aromatic nitrogens is 2. The van der Waals surface area contributed by atoms with Gasteiger partial charge < -0.3 is 10.2 Å². The number of rotatable bonds is 9. The first-order valence-electron chi connectivity index (χ1n) is 9.90. The van der Waals surface area contributed by atoms with Crippen molar-refractivity contribution in [2.24, 2.45) is 18.0 Å². The van der Waals surface area contributed by atoms with Crippen molar-refractivity contribution in [1.29, 1.82) is 0 Å². The maximum atomic E-state index is 4.54. The van der Waals surface area contributed by atoms with Gasteiger partial charge in [-0.2, -0.15) is 5.10 Å². The molecular formula is C21H36N6. The molecule has 6 heteroatoms. The van der Waals surface area contributed by atoms with Gasteiger partial charge in [-0.05, 0) is 17.9 Å². The second kappa shape index (κ2) is 10.3. The van der Waals surface area contributed by atoms with E-state index in [4.69, 9.17) is 0 Å². The van der Waals surface area contributed by atoms with Gasteiger partial charge in [-0.15, -0.1) is 13.2 Å². The third-order valence-corrected chi connectivity index (χ3v) is 5.33. The van der Waals surface area contributed by atoms with E-state index in [9.17, 15) is 0 Å². The summed E-state index contributed by atoms with van der Waals surface area (Å²) in [6, 6.07) is 0.398. The molecule has 2 heterocycles. The standard InChI is InChI=1S/C21H36N6/c1-7-10-26(11-8-2)20(17(3)4)14-23-21(22-5)27-12-9-18(16-27)19-13-24-25(6)15-19/h7-8,13,15,17-18,20H,1-2,9-12,14,16H2,3-6H3,(H,22,23). The molecule has 0 spiro atoms. The van der Waals surface area contributed by atoms with Crippen molar-refractivity contribution < 1.29 is 0 Å². The Balaban J connectivity index is 1.97. The third-order valence-electron chi connectivity index (χ3n) is 5.33. The molecule has 0 saturated carbocycles. The lowest BCUT2D eigenvalue weighted by atomic mass is 10.0. The minimum Gasteiger partial charge on any atom is -0.355 e. The van der Waals surface area contributed by atoms with Crippen LogP contribution in [-0.4, -0.2) is 71.4 Å². The van der Waals surface area contributed by atoms with E-state index in [2.05, 4.69) is 58.4 Å². The molecule has 0 bridgehead atoms. The zero-order valence-electron chi connectivity index (χ0n) is 17.4. The van der Waals surface area contributed by atoms with Crippen molar-refractivity contribution in [2.45, 2.75) is 32.2 Å². The van der Waals surface area contributed by atoms with Crippen LogP contribution in [0.1, 0.15) is 31.7 Å². The number of hydrogen-bond donors (Lipinski definition) is 1. The number of nitrogens with zero attached hydrogens (tertiary/aromatic N) is 5. The lowest BCUT2D eigenvalue weighted by molar-refractivity contribution is 0.189. The molecule has 1 aromatic heterocycles. The molecule has 0 radical (unpaired) electrons. The van der Waals surface area contributed by atoms with Gasteiger partial charge in [0.15, 0.2) is 5.96 Å². The molecule has 1 N–H and O–H groups in total. The quantitative estimate of drug-likeness (QED) is 0.411. The van der Waals surface area contributed by atoms with Crippen molar-refractivity contribution >= 4 is 5.96 Å². The summed E-state index contributed by atoms with van der Waals surface area (Å²) in [5, 5.41) is 7.93. The van der Waals surface area contributed by atoms with E-state index in [0.717, 1.165) is 45.1 Å². The Labute approximate surface area is 164 Å². The van der Waals surface area contributed by atoms with Crippen LogP contribution in [0.5, 0.6) is 0 Å². The molecule has 2 rings (SSSR count). The monoisotopic (exact) mass is 372 g/mol. The lowest BCUT2D eigenvalue weighted by Gasteiger charge is -2.34. The van der Waals surface area contributed by atoms with Crippen LogP contribution in [0.4, 0.5) is 0 Å². The van der Waals surface area contributed by atoms with Crippen LogP contribution < -0.4 is 5.32 Å². The van der Waals surface area contributed by atoms with Gasteiger partial charge in [0.1, 0.15) is 0 Å². The van der Waals surface area contributed by atoms with Gasteiger partial charge in [-0.1, -0.05) is 26.0 Å². The number of nitrogens with one attached hydrogen (secondary N) is 1. The zero-order chi connectivity index (χ0) is 19.8. The van der Waals surface area contributed by atoms with Gasteiger partial charge in [0.2, 0.25) is 0 Å². The van der Waals surface area contributed by atoms with Crippen LogP contribution in [0.2, 0.25) is 0 Å². The molecule has 1 fully saturated rings. The van der Waals surface area contributed by atoms with Gasteiger partial charge in [-0.3, -0.25) is 14.6 Å². The smallest absolute Gasteiger partial charge is 0.193 e. The van der Waals surface area contributed by atoms with E-state index in [-0.39, 0.29) is 0 Å². The van der Waals surface area contributed by atoms with Gasteiger partial charge in [0.25, 0.3) is 0 Å². The maximum absolute atomic E-state index is 4.54. The van der Waals surface area contributed by atoms with Gasteiger partial charge in [-0.25, -0.2) is 0 Å². The fourth-order valence-corrected chi connectivity index (χ4v) is 3.87. The normalized spacial score (nSPS) is 19.0. The molecule has 27 heavy (non-hydrogen) atoms. The highest BCUT2D eigenvalue weighted by Gasteiger charge is 2.28. The van der Waals surface area contributed by atoms with Crippen LogP contribution in [-0.2, 0) is 7.05 Å².